The molecule has 0 saturated carbocycles. The van der Waals surface area contributed by atoms with Gasteiger partial charge in [-0.2, -0.15) is 0 Å². The average Bonchev–Trinajstić information content (AvgIpc) is 2.76. The van der Waals surface area contributed by atoms with Crippen LogP contribution in [-0.4, -0.2) is 15.0 Å². The number of aromatic amines is 1. The van der Waals surface area contributed by atoms with E-state index in [0.717, 1.165) is 28.0 Å². The zero-order valence-electron chi connectivity index (χ0n) is 11.8. The quantitative estimate of drug-likeness (QED) is 0.844. The Morgan fingerprint density at radius 1 is 1.47 bits per heavy atom. The van der Waals surface area contributed by atoms with Crippen molar-refractivity contribution >= 4 is 22.6 Å². The summed E-state index contributed by atoms with van der Waals surface area (Å²) in [6.07, 6.45) is 1.66. The van der Waals surface area contributed by atoms with Crippen molar-refractivity contribution in [1.82, 2.24) is 20.3 Å². The second-order valence-electron chi connectivity index (χ2n) is 5.67. The average molecular weight is 279 g/mol. The minimum absolute atomic E-state index is 0.0116. The number of rotatable bonds is 3. The van der Waals surface area contributed by atoms with Crippen molar-refractivity contribution in [3.63, 3.8) is 0 Å². The molecule has 2 heterocycles. The summed E-state index contributed by atoms with van der Waals surface area (Å²) in [6.45, 7) is 12.9. The van der Waals surface area contributed by atoms with Crippen LogP contribution in [0.1, 0.15) is 32.0 Å². The van der Waals surface area contributed by atoms with Crippen LogP contribution in [0.15, 0.2) is 18.6 Å². The highest BCUT2D eigenvalue weighted by molar-refractivity contribution is 6.31. The van der Waals surface area contributed by atoms with E-state index in [1.165, 1.54) is 0 Å². The summed E-state index contributed by atoms with van der Waals surface area (Å²) >= 11 is 6.23. The molecule has 0 amide bonds. The molecule has 2 N–H and O–H groups in total. The van der Waals surface area contributed by atoms with Gasteiger partial charge < -0.3 is 10.3 Å². The fourth-order valence-electron chi connectivity index (χ4n) is 1.79. The Morgan fingerprint density at radius 2 is 2.16 bits per heavy atom. The van der Waals surface area contributed by atoms with Gasteiger partial charge in [-0.15, -0.1) is 0 Å². The van der Waals surface area contributed by atoms with Gasteiger partial charge in [0.1, 0.15) is 10.7 Å². The summed E-state index contributed by atoms with van der Waals surface area (Å²) < 4.78 is 0. The minimum atomic E-state index is 0.0116. The molecule has 0 radical (unpaired) electrons. The first-order chi connectivity index (χ1) is 8.80. The Labute approximate surface area is 118 Å². The predicted octanol–water partition coefficient (Wildman–Crippen LogP) is 3.57. The molecule has 0 atom stereocenters. The Hall–Kier alpha value is -1.55. The van der Waals surface area contributed by atoms with Gasteiger partial charge in [0.2, 0.25) is 0 Å². The molecule has 2 rings (SSSR count). The third-order valence-corrected chi connectivity index (χ3v) is 3.50. The van der Waals surface area contributed by atoms with Crippen LogP contribution in [-0.2, 0) is 6.54 Å². The number of fused-ring (bicyclic) bond motifs is 1. The Morgan fingerprint density at radius 3 is 2.79 bits per heavy atom. The molecule has 0 aliphatic heterocycles. The molecule has 4 nitrogen and oxygen atoms in total. The number of aryl methyl sites for hydroxylation is 1. The molecule has 102 valence electrons. The molecule has 2 aromatic heterocycles. The summed E-state index contributed by atoms with van der Waals surface area (Å²) in [7, 11) is 0. The normalized spacial score (nSPS) is 11.8. The molecule has 0 aliphatic carbocycles. The van der Waals surface area contributed by atoms with E-state index in [-0.39, 0.29) is 5.41 Å². The van der Waals surface area contributed by atoms with Crippen molar-refractivity contribution in [3.05, 3.63) is 35.0 Å². The SMILES string of the molecule is C=C(NCc1c(Cl)nc(C)c2nc[nH]c12)C(C)(C)C. The van der Waals surface area contributed by atoms with Crippen molar-refractivity contribution in [2.75, 3.05) is 0 Å². The van der Waals surface area contributed by atoms with Crippen molar-refractivity contribution in [2.45, 2.75) is 34.2 Å². The standard InChI is InChI=1S/C14H19ClN4/c1-8-11-12(18-7-17-11)10(13(15)19-8)6-16-9(2)14(3,4)5/h7,16H,2,6H2,1,3-5H3,(H,17,18). The van der Waals surface area contributed by atoms with Crippen LogP contribution in [0.4, 0.5) is 0 Å². The second-order valence-corrected chi connectivity index (χ2v) is 6.03. The molecule has 0 aliphatic rings. The third-order valence-electron chi connectivity index (χ3n) is 3.18. The van der Waals surface area contributed by atoms with Crippen LogP contribution in [0, 0.1) is 12.3 Å². The maximum Gasteiger partial charge on any atom is 0.136 e. The van der Waals surface area contributed by atoms with Gasteiger partial charge in [-0.05, 0) is 6.92 Å². The van der Waals surface area contributed by atoms with Crippen molar-refractivity contribution in [3.8, 4) is 0 Å². The number of hydrogen-bond donors (Lipinski definition) is 2. The molecule has 2 aromatic rings. The summed E-state index contributed by atoms with van der Waals surface area (Å²) in [4.78, 5) is 11.7. The Bertz CT molecular complexity index is 622. The van der Waals surface area contributed by atoms with Gasteiger partial charge in [0.25, 0.3) is 0 Å². The van der Waals surface area contributed by atoms with Crippen molar-refractivity contribution in [2.24, 2.45) is 5.41 Å². The highest BCUT2D eigenvalue weighted by Crippen LogP contribution is 2.26. The van der Waals surface area contributed by atoms with Gasteiger partial charge >= 0.3 is 0 Å². The molecule has 0 fully saturated rings. The number of H-pyrrole nitrogens is 1. The first-order valence-electron chi connectivity index (χ1n) is 6.22. The summed E-state index contributed by atoms with van der Waals surface area (Å²) in [5.74, 6) is 0. The van der Waals surface area contributed by atoms with E-state index in [1.54, 1.807) is 6.33 Å². The zero-order valence-corrected chi connectivity index (χ0v) is 12.5. The lowest BCUT2D eigenvalue weighted by atomic mass is 9.93. The van der Waals surface area contributed by atoms with E-state index in [9.17, 15) is 0 Å². The largest absolute Gasteiger partial charge is 0.384 e. The highest BCUT2D eigenvalue weighted by Gasteiger charge is 2.17. The van der Waals surface area contributed by atoms with Crippen LogP contribution in [0.3, 0.4) is 0 Å². The lowest BCUT2D eigenvalue weighted by Gasteiger charge is -2.23. The summed E-state index contributed by atoms with van der Waals surface area (Å²) in [5, 5.41) is 3.82. The van der Waals surface area contributed by atoms with Crippen molar-refractivity contribution < 1.29 is 0 Å². The van der Waals surface area contributed by atoms with Gasteiger partial charge in [0.15, 0.2) is 0 Å². The summed E-state index contributed by atoms with van der Waals surface area (Å²) in [5.41, 5.74) is 4.54. The highest BCUT2D eigenvalue weighted by atomic mass is 35.5. The van der Waals surface area contributed by atoms with Gasteiger partial charge in [-0.1, -0.05) is 39.0 Å². The molecule has 0 aromatic carbocycles. The zero-order chi connectivity index (χ0) is 14.2. The fraction of sp³-hybridized carbons (Fsp3) is 0.429. The number of allylic oxidation sites excluding steroid dienone is 1. The van der Waals surface area contributed by atoms with E-state index >= 15 is 0 Å². The Balaban J connectivity index is 2.31. The number of aromatic nitrogens is 3. The molecule has 0 saturated heterocycles. The van der Waals surface area contributed by atoms with Crippen LogP contribution in [0.2, 0.25) is 5.15 Å². The van der Waals surface area contributed by atoms with Crippen LogP contribution in [0.25, 0.3) is 11.0 Å². The van der Waals surface area contributed by atoms with Gasteiger partial charge in [-0.3, -0.25) is 0 Å². The number of imidazole rings is 1. The predicted molar refractivity (Wildman–Crippen MR) is 79.1 cm³/mol. The molecule has 0 unspecified atom stereocenters. The first-order valence-corrected chi connectivity index (χ1v) is 6.60. The number of nitrogens with one attached hydrogen (secondary N) is 2. The number of nitrogens with zero attached hydrogens (tertiary/aromatic N) is 2. The van der Waals surface area contributed by atoms with Crippen LogP contribution < -0.4 is 5.32 Å². The minimum Gasteiger partial charge on any atom is -0.384 e. The Kier molecular flexibility index (Phi) is 3.54. The van der Waals surface area contributed by atoms with E-state index in [0.29, 0.717) is 11.7 Å². The molecule has 0 bridgehead atoms. The van der Waals surface area contributed by atoms with E-state index in [4.69, 9.17) is 11.6 Å². The molecule has 19 heavy (non-hydrogen) atoms. The molecular weight excluding hydrogens is 260 g/mol. The van der Waals surface area contributed by atoms with Crippen molar-refractivity contribution in [1.29, 1.82) is 0 Å². The summed E-state index contributed by atoms with van der Waals surface area (Å²) in [6, 6.07) is 0. The lowest BCUT2D eigenvalue weighted by molar-refractivity contribution is 0.461. The van der Waals surface area contributed by atoms with Gasteiger partial charge in [0.05, 0.1) is 17.5 Å². The molecule has 0 spiro atoms. The first kappa shape index (κ1) is 13.9. The van der Waals surface area contributed by atoms with Gasteiger partial charge in [0, 0.05) is 23.2 Å². The maximum absolute atomic E-state index is 6.23. The molecular formula is C14H19ClN4. The number of hydrogen-bond acceptors (Lipinski definition) is 3. The van der Waals surface area contributed by atoms with Crippen LogP contribution in [0.5, 0.6) is 0 Å². The number of halogens is 1. The molecule has 5 heteroatoms. The second kappa shape index (κ2) is 4.85. The maximum atomic E-state index is 6.23. The van der Waals surface area contributed by atoms with E-state index in [2.05, 4.69) is 47.6 Å². The monoisotopic (exact) mass is 278 g/mol. The smallest absolute Gasteiger partial charge is 0.136 e. The van der Waals surface area contributed by atoms with Gasteiger partial charge in [-0.25, -0.2) is 9.97 Å². The van der Waals surface area contributed by atoms with E-state index < -0.39 is 0 Å². The third kappa shape index (κ3) is 2.73. The lowest BCUT2D eigenvalue weighted by Crippen LogP contribution is -2.23. The fourth-order valence-corrected chi connectivity index (χ4v) is 2.08. The van der Waals surface area contributed by atoms with Crippen LogP contribution >= 0.6 is 11.6 Å². The van der Waals surface area contributed by atoms with E-state index in [1.807, 2.05) is 6.92 Å². The topological polar surface area (TPSA) is 53.6 Å². The number of pyridine rings is 1.